The SMILES string of the molecule is N=C1/C(=C/c2ccc3c(c2)OCO3)C(=O)N=C2SC(CC(=O)N3CCCC3)=NN12. The van der Waals surface area contributed by atoms with E-state index in [0.29, 0.717) is 27.3 Å². The summed E-state index contributed by atoms with van der Waals surface area (Å²) < 4.78 is 10.6. The van der Waals surface area contributed by atoms with E-state index in [0.717, 1.165) is 25.9 Å². The molecule has 1 aromatic rings. The summed E-state index contributed by atoms with van der Waals surface area (Å²) in [4.78, 5) is 30.8. The zero-order chi connectivity index (χ0) is 20.0. The van der Waals surface area contributed by atoms with Crippen LogP contribution in [0.5, 0.6) is 11.5 Å². The predicted molar refractivity (Wildman–Crippen MR) is 108 cm³/mol. The molecule has 4 aliphatic heterocycles. The van der Waals surface area contributed by atoms with Gasteiger partial charge in [-0.05, 0) is 48.4 Å². The van der Waals surface area contributed by atoms with Crippen molar-refractivity contribution in [2.24, 2.45) is 10.1 Å². The predicted octanol–water partition coefficient (Wildman–Crippen LogP) is 2.05. The molecule has 2 amide bonds. The number of amides is 2. The zero-order valence-corrected chi connectivity index (χ0v) is 16.2. The number of ether oxygens (including phenoxy) is 2. The van der Waals surface area contributed by atoms with E-state index in [1.165, 1.54) is 16.8 Å². The summed E-state index contributed by atoms with van der Waals surface area (Å²) in [6, 6.07) is 5.28. The van der Waals surface area contributed by atoms with Gasteiger partial charge in [-0.2, -0.15) is 15.1 Å². The molecule has 0 saturated carbocycles. The number of benzene rings is 1. The lowest BCUT2D eigenvalue weighted by Gasteiger charge is -2.20. The lowest BCUT2D eigenvalue weighted by atomic mass is 10.1. The molecule has 9 nitrogen and oxygen atoms in total. The molecule has 1 N–H and O–H groups in total. The molecule has 5 rings (SSSR count). The Morgan fingerprint density at radius 2 is 2.03 bits per heavy atom. The Morgan fingerprint density at radius 1 is 1.24 bits per heavy atom. The molecule has 1 fully saturated rings. The maximum atomic E-state index is 12.5. The fraction of sp³-hybridized carbons (Fsp3) is 0.316. The summed E-state index contributed by atoms with van der Waals surface area (Å²) in [5.41, 5.74) is 0.824. The molecular weight excluding hydrogens is 394 g/mol. The Labute approximate surface area is 170 Å². The molecule has 0 bridgehead atoms. The molecule has 0 unspecified atom stereocenters. The number of rotatable bonds is 3. The topological polar surface area (TPSA) is 108 Å². The van der Waals surface area contributed by atoms with Crippen molar-refractivity contribution in [3.63, 3.8) is 0 Å². The van der Waals surface area contributed by atoms with Crippen LogP contribution in [0.4, 0.5) is 0 Å². The summed E-state index contributed by atoms with van der Waals surface area (Å²) in [5, 5.41) is 15.0. The van der Waals surface area contributed by atoms with Gasteiger partial charge in [-0.25, -0.2) is 0 Å². The van der Waals surface area contributed by atoms with Crippen molar-refractivity contribution in [3.8, 4) is 11.5 Å². The highest BCUT2D eigenvalue weighted by Crippen LogP contribution is 2.34. The average molecular weight is 411 g/mol. The molecule has 1 saturated heterocycles. The molecule has 0 spiro atoms. The van der Waals surface area contributed by atoms with E-state index in [4.69, 9.17) is 14.9 Å². The first kappa shape index (κ1) is 17.9. The van der Waals surface area contributed by atoms with Crippen LogP contribution >= 0.6 is 11.8 Å². The van der Waals surface area contributed by atoms with E-state index in [2.05, 4.69) is 10.1 Å². The molecule has 0 aliphatic carbocycles. The van der Waals surface area contributed by atoms with Gasteiger partial charge in [-0.3, -0.25) is 15.0 Å². The molecule has 10 heteroatoms. The molecular formula is C19H17N5O4S. The number of aliphatic imine (C=N–C) groups is 1. The Kier molecular flexibility index (Phi) is 4.35. The van der Waals surface area contributed by atoms with Crippen LogP contribution < -0.4 is 9.47 Å². The van der Waals surface area contributed by atoms with Gasteiger partial charge in [0, 0.05) is 13.1 Å². The molecule has 4 heterocycles. The number of fused-ring (bicyclic) bond motifs is 2. The first-order chi connectivity index (χ1) is 14.1. The van der Waals surface area contributed by atoms with Gasteiger partial charge < -0.3 is 14.4 Å². The number of hydrogen-bond acceptors (Lipinski definition) is 7. The van der Waals surface area contributed by atoms with Crippen molar-refractivity contribution in [1.82, 2.24) is 9.91 Å². The van der Waals surface area contributed by atoms with Crippen LogP contribution in [0.2, 0.25) is 0 Å². The summed E-state index contributed by atoms with van der Waals surface area (Å²) in [6.45, 7) is 1.72. The Morgan fingerprint density at radius 3 is 2.86 bits per heavy atom. The molecule has 1 aromatic carbocycles. The number of hydrazone groups is 1. The third-order valence-corrected chi connectivity index (χ3v) is 5.87. The summed E-state index contributed by atoms with van der Waals surface area (Å²) >= 11 is 1.17. The molecule has 0 radical (unpaired) electrons. The highest BCUT2D eigenvalue weighted by Gasteiger charge is 2.36. The van der Waals surface area contributed by atoms with Crippen LogP contribution in [0.15, 0.2) is 33.9 Å². The minimum Gasteiger partial charge on any atom is -0.454 e. The van der Waals surface area contributed by atoms with Crippen LogP contribution in [0.25, 0.3) is 6.08 Å². The first-order valence-electron chi connectivity index (χ1n) is 9.25. The van der Waals surface area contributed by atoms with E-state index >= 15 is 0 Å². The second kappa shape index (κ2) is 7.03. The monoisotopic (exact) mass is 411 g/mol. The Bertz CT molecular complexity index is 1030. The van der Waals surface area contributed by atoms with Crippen LogP contribution in [-0.4, -0.2) is 57.7 Å². The number of nitrogens with one attached hydrogen (secondary N) is 1. The van der Waals surface area contributed by atoms with E-state index in [1.54, 1.807) is 24.3 Å². The highest BCUT2D eigenvalue weighted by atomic mass is 32.2. The normalized spacial score (nSPS) is 21.6. The smallest absolute Gasteiger partial charge is 0.283 e. The van der Waals surface area contributed by atoms with Gasteiger partial charge in [-0.1, -0.05) is 6.07 Å². The second-order valence-corrected chi connectivity index (χ2v) is 7.93. The quantitative estimate of drug-likeness (QED) is 0.763. The fourth-order valence-corrected chi connectivity index (χ4v) is 4.36. The number of hydrogen-bond donors (Lipinski definition) is 1. The summed E-state index contributed by atoms with van der Waals surface area (Å²) in [7, 11) is 0. The van der Waals surface area contributed by atoms with Crippen molar-refractivity contribution in [1.29, 1.82) is 5.41 Å². The van der Waals surface area contributed by atoms with E-state index in [9.17, 15) is 9.59 Å². The van der Waals surface area contributed by atoms with E-state index in [1.807, 2.05) is 4.90 Å². The van der Waals surface area contributed by atoms with Gasteiger partial charge in [0.2, 0.25) is 17.9 Å². The second-order valence-electron chi connectivity index (χ2n) is 6.89. The number of likely N-dealkylation sites (tertiary alicyclic amines) is 1. The van der Waals surface area contributed by atoms with Gasteiger partial charge >= 0.3 is 0 Å². The van der Waals surface area contributed by atoms with Gasteiger partial charge in [0.25, 0.3) is 5.91 Å². The van der Waals surface area contributed by atoms with Crippen molar-refractivity contribution < 1.29 is 19.1 Å². The zero-order valence-electron chi connectivity index (χ0n) is 15.4. The van der Waals surface area contributed by atoms with Crippen LogP contribution in [0, 0.1) is 5.41 Å². The number of nitrogens with zero attached hydrogens (tertiary/aromatic N) is 4. The minimum absolute atomic E-state index is 0.0168. The summed E-state index contributed by atoms with van der Waals surface area (Å²) in [5.74, 6) is 0.687. The molecule has 29 heavy (non-hydrogen) atoms. The number of carbonyl (C=O) groups is 2. The number of amidine groups is 2. The lowest BCUT2D eigenvalue weighted by Crippen LogP contribution is -2.35. The third kappa shape index (κ3) is 3.29. The number of carbonyl (C=O) groups excluding carboxylic acids is 2. The minimum atomic E-state index is -0.506. The summed E-state index contributed by atoms with van der Waals surface area (Å²) in [6.07, 6.45) is 3.79. The standard InChI is InChI=1S/C19H17N5O4S/c20-17-12(7-11-3-4-13-14(8-11)28-10-27-13)18(26)21-19-24(17)22-15(29-19)9-16(25)23-5-1-2-6-23/h3-4,7-8,20H,1-2,5-6,9-10H2/b12-7-,20-17?. The third-order valence-electron chi connectivity index (χ3n) is 4.97. The highest BCUT2D eigenvalue weighted by molar-refractivity contribution is 8.27. The van der Waals surface area contributed by atoms with Gasteiger partial charge in [-0.15, -0.1) is 0 Å². The van der Waals surface area contributed by atoms with Gasteiger partial charge in [0.15, 0.2) is 17.3 Å². The molecule has 0 atom stereocenters. The van der Waals surface area contributed by atoms with E-state index in [-0.39, 0.29) is 30.5 Å². The first-order valence-corrected chi connectivity index (χ1v) is 10.1. The van der Waals surface area contributed by atoms with Gasteiger partial charge in [0.05, 0.1) is 12.0 Å². The average Bonchev–Trinajstić information content (AvgIpc) is 3.44. The molecule has 0 aromatic heterocycles. The molecule has 4 aliphatic rings. The maximum Gasteiger partial charge on any atom is 0.283 e. The fourth-order valence-electron chi connectivity index (χ4n) is 3.48. The number of thioether (sulfide) groups is 1. The van der Waals surface area contributed by atoms with E-state index < -0.39 is 5.91 Å². The van der Waals surface area contributed by atoms with Gasteiger partial charge in [0.1, 0.15) is 5.04 Å². The van der Waals surface area contributed by atoms with Crippen molar-refractivity contribution in [2.75, 3.05) is 19.9 Å². The van der Waals surface area contributed by atoms with Crippen LogP contribution in [-0.2, 0) is 9.59 Å². The van der Waals surface area contributed by atoms with Crippen molar-refractivity contribution in [3.05, 3.63) is 29.3 Å². The lowest BCUT2D eigenvalue weighted by molar-refractivity contribution is -0.128. The Hall–Kier alpha value is -3.14. The van der Waals surface area contributed by atoms with Crippen LogP contribution in [0.3, 0.4) is 0 Å². The van der Waals surface area contributed by atoms with Crippen molar-refractivity contribution >= 4 is 45.7 Å². The Balaban J connectivity index is 1.37. The molecule has 148 valence electrons. The maximum absolute atomic E-state index is 12.5. The van der Waals surface area contributed by atoms with Crippen LogP contribution in [0.1, 0.15) is 24.8 Å². The largest absolute Gasteiger partial charge is 0.454 e. The van der Waals surface area contributed by atoms with Crippen molar-refractivity contribution in [2.45, 2.75) is 19.3 Å².